The van der Waals surface area contributed by atoms with Crippen LogP contribution in [0.5, 0.6) is 5.88 Å². The molecule has 0 unspecified atom stereocenters. The summed E-state index contributed by atoms with van der Waals surface area (Å²) in [6, 6.07) is 7.13. The number of alkyl halides is 3. The van der Waals surface area contributed by atoms with Gasteiger partial charge >= 0.3 is 6.18 Å². The Labute approximate surface area is 216 Å². The Morgan fingerprint density at radius 1 is 1.14 bits per heavy atom. The third-order valence-corrected chi connectivity index (χ3v) is 6.95. The lowest BCUT2D eigenvalue weighted by atomic mass is 9.98. The van der Waals surface area contributed by atoms with Crippen molar-refractivity contribution in [2.75, 3.05) is 18.6 Å². The molecule has 1 fully saturated rings. The molecule has 8 nitrogen and oxygen atoms in total. The van der Waals surface area contributed by atoms with Crippen molar-refractivity contribution in [3.8, 4) is 28.5 Å². The molecule has 192 valence electrons. The molecule has 1 saturated carbocycles. The van der Waals surface area contributed by atoms with E-state index in [-0.39, 0.29) is 11.7 Å². The summed E-state index contributed by atoms with van der Waals surface area (Å²) in [6.07, 6.45) is 0.297. The molecule has 2 aliphatic rings. The lowest BCUT2D eigenvalue weighted by molar-refractivity contribution is -0.140. The van der Waals surface area contributed by atoms with Gasteiger partial charge in [0.05, 0.1) is 18.4 Å². The number of aromatic nitrogens is 6. The van der Waals surface area contributed by atoms with E-state index in [1.165, 1.54) is 25.1 Å². The van der Waals surface area contributed by atoms with Crippen molar-refractivity contribution in [1.29, 1.82) is 0 Å². The molecule has 3 aromatic heterocycles. The molecule has 0 amide bonds. The number of rotatable bonds is 5. The highest BCUT2D eigenvalue weighted by Gasteiger charge is 2.35. The summed E-state index contributed by atoms with van der Waals surface area (Å²) in [6.45, 7) is -1.55. The summed E-state index contributed by atoms with van der Waals surface area (Å²) < 4.78 is 71.7. The second-order valence-electron chi connectivity index (χ2n) is 9.38. The van der Waals surface area contributed by atoms with Crippen LogP contribution in [0.25, 0.3) is 22.6 Å². The highest BCUT2D eigenvalue weighted by Crippen LogP contribution is 2.46. The van der Waals surface area contributed by atoms with Crippen molar-refractivity contribution in [2.45, 2.75) is 37.9 Å². The Morgan fingerprint density at radius 3 is 2.57 bits per heavy atom. The first kappa shape index (κ1) is 20.2. The molecular formula is C26H26F3N7O. The van der Waals surface area contributed by atoms with Crippen LogP contribution in [0, 0.1) is 0 Å². The Morgan fingerprint density at radius 2 is 1.92 bits per heavy atom. The van der Waals surface area contributed by atoms with Gasteiger partial charge in [-0.2, -0.15) is 18.3 Å². The van der Waals surface area contributed by atoms with Gasteiger partial charge in [-0.05, 0) is 37.1 Å². The molecular weight excluding hydrogens is 483 g/mol. The van der Waals surface area contributed by atoms with E-state index in [9.17, 15) is 13.2 Å². The highest BCUT2D eigenvalue weighted by molar-refractivity contribution is 5.73. The Hall–Kier alpha value is -3.89. The summed E-state index contributed by atoms with van der Waals surface area (Å²) in [4.78, 5) is 14.7. The zero-order valence-corrected chi connectivity index (χ0v) is 20.2. The van der Waals surface area contributed by atoms with Crippen molar-refractivity contribution in [3.05, 3.63) is 59.4 Å². The van der Waals surface area contributed by atoms with Crippen molar-refractivity contribution < 1.29 is 22.0 Å². The van der Waals surface area contributed by atoms with Crippen LogP contribution in [-0.2, 0) is 33.2 Å². The first-order chi connectivity index (χ1) is 19.0. The minimum Gasteiger partial charge on any atom is -0.480 e. The van der Waals surface area contributed by atoms with Gasteiger partial charge in [-0.15, -0.1) is 0 Å². The number of nitrogens with zero attached hydrogens (tertiary/aromatic N) is 7. The van der Waals surface area contributed by atoms with Gasteiger partial charge in [0.25, 0.3) is 0 Å². The van der Waals surface area contributed by atoms with Crippen LogP contribution >= 0.6 is 0 Å². The number of hydrogen-bond donors (Lipinski definition) is 0. The van der Waals surface area contributed by atoms with Crippen LogP contribution in [0.1, 0.15) is 45.5 Å². The van der Waals surface area contributed by atoms with E-state index in [4.69, 9.17) is 8.85 Å². The number of benzene rings is 1. The van der Waals surface area contributed by atoms with Gasteiger partial charge in [-0.25, -0.2) is 15.0 Å². The number of fused-ring (bicyclic) bond motifs is 1. The van der Waals surface area contributed by atoms with Crippen LogP contribution in [0.2, 0.25) is 0 Å². The molecule has 0 spiro atoms. The molecule has 1 aliphatic heterocycles. The van der Waals surface area contributed by atoms with Crippen molar-refractivity contribution in [2.24, 2.45) is 14.0 Å². The van der Waals surface area contributed by atoms with E-state index in [1.54, 1.807) is 12.1 Å². The lowest BCUT2D eigenvalue weighted by Crippen LogP contribution is -2.31. The van der Waals surface area contributed by atoms with Crippen molar-refractivity contribution >= 4 is 5.69 Å². The van der Waals surface area contributed by atoms with Gasteiger partial charge in [0, 0.05) is 72.3 Å². The topological polar surface area (TPSA) is 73.9 Å². The molecule has 1 aromatic carbocycles. The van der Waals surface area contributed by atoms with Gasteiger partial charge in [0.15, 0.2) is 5.69 Å². The molecule has 1 aliphatic carbocycles. The molecule has 0 saturated heterocycles. The summed E-state index contributed by atoms with van der Waals surface area (Å²) in [7, 11) is 3.04. The highest BCUT2D eigenvalue weighted by atomic mass is 19.4. The van der Waals surface area contributed by atoms with E-state index in [0.29, 0.717) is 47.9 Å². The molecule has 0 radical (unpaired) electrons. The third-order valence-electron chi connectivity index (χ3n) is 6.95. The molecule has 11 heteroatoms. The van der Waals surface area contributed by atoms with Gasteiger partial charge in [0.1, 0.15) is 17.8 Å². The maximum absolute atomic E-state index is 13.1. The molecule has 6 rings (SSSR count). The Kier molecular flexibility index (Phi) is 4.70. The zero-order valence-electron chi connectivity index (χ0n) is 23.2. The minimum absolute atomic E-state index is 0.213. The Bertz CT molecular complexity index is 1570. The van der Waals surface area contributed by atoms with Crippen LogP contribution in [0.4, 0.5) is 18.9 Å². The summed E-state index contributed by atoms with van der Waals surface area (Å²) in [5.41, 5.74) is 3.77. The second kappa shape index (κ2) is 8.60. The fraction of sp³-hybridized carbons (Fsp3) is 0.385. The average Bonchev–Trinajstić information content (AvgIpc) is 3.57. The SMILES string of the molecule is [2H]C([2H])([2H])n1nc(-c2c(OC)ncnc2C2CC2)c2c1CCN(c1ccc(-c3nc(C(F)(F)F)cn3C)cc1)C2. The number of aryl methyl sites for hydroxylation is 2. The zero-order chi connectivity index (χ0) is 28.4. The van der Waals surface area contributed by atoms with Gasteiger partial charge in [-0.1, -0.05) is 0 Å². The molecule has 37 heavy (non-hydrogen) atoms. The molecule has 4 heterocycles. The smallest absolute Gasteiger partial charge is 0.434 e. The quantitative estimate of drug-likeness (QED) is 0.385. The summed E-state index contributed by atoms with van der Waals surface area (Å²) >= 11 is 0. The normalized spacial score (nSPS) is 17.2. The predicted molar refractivity (Wildman–Crippen MR) is 131 cm³/mol. The van der Waals surface area contributed by atoms with Gasteiger partial charge in [-0.3, -0.25) is 4.68 Å². The summed E-state index contributed by atoms with van der Waals surface area (Å²) in [5, 5.41) is 4.59. The maximum Gasteiger partial charge on any atom is 0.434 e. The van der Waals surface area contributed by atoms with E-state index in [1.807, 2.05) is 12.1 Å². The number of methoxy groups -OCH3 is 1. The summed E-state index contributed by atoms with van der Waals surface area (Å²) in [5.74, 6) is 0.811. The molecule has 0 atom stereocenters. The standard InChI is InChI=1S/C26H26F3N7O/c1-34-13-20(26(27,28)29)32-24(34)16-6-8-17(9-7-16)36-11-10-19-18(12-36)23(33-35(19)2)21-22(15-4-5-15)30-14-31-25(21)37-3/h6-9,13-15H,4-5,10-12H2,1-3H3/i2D3. The maximum atomic E-state index is 13.1. The lowest BCUT2D eigenvalue weighted by Gasteiger charge is -2.30. The van der Waals surface area contributed by atoms with Gasteiger partial charge < -0.3 is 14.2 Å². The number of anilines is 1. The van der Waals surface area contributed by atoms with E-state index in [0.717, 1.165) is 40.7 Å². The van der Waals surface area contributed by atoms with Crippen LogP contribution in [0.15, 0.2) is 36.8 Å². The molecule has 0 N–H and O–H groups in total. The van der Waals surface area contributed by atoms with Crippen molar-refractivity contribution in [3.63, 3.8) is 0 Å². The predicted octanol–water partition coefficient (Wildman–Crippen LogP) is 4.75. The molecule has 4 aromatic rings. The fourth-order valence-corrected chi connectivity index (χ4v) is 4.96. The minimum atomic E-state index is -4.52. The van der Waals surface area contributed by atoms with E-state index in [2.05, 4.69) is 25.0 Å². The Balaban J connectivity index is 1.37. The van der Waals surface area contributed by atoms with E-state index < -0.39 is 18.8 Å². The van der Waals surface area contributed by atoms with Gasteiger partial charge in [0.2, 0.25) is 5.88 Å². The first-order valence-corrected chi connectivity index (χ1v) is 11.9. The molecule has 0 bridgehead atoms. The van der Waals surface area contributed by atoms with Crippen LogP contribution in [0.3, 0.4) is 0 Å². The third kappa shape index (κ3) is 4.11. The average molecular weight is 513 g/mol. The largest absolute Gasteiger partial charge is 0.480 e. The second-order valence-corrected chi connectivity index (χ2v) is 9.38. The monoisotopic (exact) mass is 512 g/mol. The first-order valence-electron chi connectivity index (χ1n) is 13.4. The fourth-order valence-electron chi connectivity index (χ4n) is 4.96. The van der Waals surface area contributed by atoms with E-state index >= 15 is 0 Å². The number of imidazole rings is 1. The van der Waals surface area contributed by atoms with Crippen molar-refractivity contribution in [1.82, 2.24) is 29.3 Å². The number of hydrogen-bond acceptors (Lipinski definition) is 6. The van der Waals surface area contributed by atoms with Crippen LogP contribution in [-0.4, -0.2) is 43.0 Å². The number of halogens is 3. The number of ether oxygens (including phenoxy) is 1. The van der Waals surface area contributed by atoms with Crippen LogP contribution < -0.4 is 9.64 Å².